The summed E-state index contributed by atoms with van der Waals surface area (Å²) in [5.74, 6) is 6.29. The first-order valence-electron chi connectivity index (χ1n) is 3.94. The van der Waals surface area contributed by atoms with E-state index in [2.05, 4.69) is 10.4 Å². The lowest BCUT2D eigenvalue weighted by Crippen LogP contribution is -2.30. The topological polar surface area (TPSA) is 77.0 Å². The zero-order chi connectivity index (χ0) is 9.68. The third kappa shape index (κ3) is 2.58. The van der Waals surface area contributed by atoms with Crippen molar-refractivity contribution in [1.29, 1.82) is 0 Å². The number of anilines is 1. The van der Waals surface area contributed by atoms with Gasteiger partial charge in [0.2, 0.25) is 0 Å². The predicted octanol–water partition coefficient (Wildman–Crippen LogP) is 0.531. The average Bonchev–Trinajstić information content (AvgIpc) is 2.16. The molecule has 1 heterocycles. The number of hydrazine groups is 1. The molecule has 0 aromatic carbocycles. The Bertz CT molecular complexity index is 266. The molecule has 5 heteroatoms. The molecule has 0 radical (unpaired) electrons. The maximum absolute atomic E-state index is 5.78. The Labute approximate surface area is 82.1 Å². The Morgan fingerprint density at radius 2 is 2.46 bits per heavy atom. The van der Waals surface area contributed by atoms with Gasteiger partial charge < -0.3 is 5.73 Å². The summed E-state index contributed by atoms with van der Waals surface area (Å²) in [6.45, 7) is 0. The number of hydrogen-bond donors (Lipinski definition) is 3. The van der Waals surface area contributed by atoms with Crippen LogP contribution in [0, 0.1) is 0 Å². The summed E-state index contributed by atoms with van der Waals surface area (Å²) in [5, 5.41) is 0. The molecular formula is C8H14N4S. The lowest BCUT2D eigenvalue weighted by atomic mass is 10.1. The van der Waals surface area contributed by atoms with Crippen molar-refractivity contribution in [2.45, 2.75) is 6.04 Å². The Morgan fingerprint density at radius 3 is 3.00 bits per heavy atom. The molecule has 1 rings (SSSR count). The summed E-state index contributed by atoms with van der Waals surface area (Å²) in [6, 6.07) is 1.85. The minimum Gasteiger partial charge on any atom is -0.398 e. The van der Waals surface area contributed by atoms with Crippen molar-refractivity contribution >= 4 is 17.4 Å². The largest absolute Gasteiger partial charge is 0.398 e. The van der Waals surface area contributed by atoms with Gasteiger partial charge in [-0.15, -0.1) is 0 Å². The van der Waals surface area contributed by atoms with E-state index in [-0.39, 0.29) is 6.04 Å². The second-order valence-corrected chi connectivity index (χ2v) is 3.59. The van der Waals surface area contributed by atoms with Gasteiger partial charge in [0.05, 0.1) is 6.04 Å². The summed E-state index contributed by atoms with van der Waals surface area (Å²) >= 11 is 1.71. The molecule has 0 fully saturated rings. The van der Waals surface area contributed by atoms with Gasteiger partial charge in [-0.3, -0.25) is 16.3 Å². The van der Waals surface area contributed by atoms with Gasteiger partial charge in [-0.2, -0.15) is 11.8 Å². The molecule has 72 valence electrons. The molecule has 1 aromatic rings. The number of nitrogens with two attached hydrogens (primary N) is 2. The zero-order valence-electron chi connectivity index (χ0n) is 7.53. The maximum Gasteiger partial charge on any atom is 0.0585 e. The van der Waals surface area contributed by atoms with E-state index >= 15 is 0 Å². The van der Waals surface area contributed by atoms with Gasteiger partial charge >= 0.3 is 0 Å². The summed E-state index contributed by atoms with van der Waals surface area (Å²) in [4.78, 5) is 4.01. The van der Waals surface area contributed by atoms with E-state index in [9.17, 15) is 0 Å². The van der Waals surface area contributed by atoms with E-state index in [1.54, 1.807) is 30.2 Å². The van der Waals surface area contributed by atoms with Gasteiger partial charge in [0.15, 0.2) is 0 Å². The van der Waals surface area contributed by atoms with Crippen molar-refractivity contribution in [1.82, 2.24) is 10.4 Å². The van der Waals surface area contributed by atoms with Crippen LogP contribution in [-0.4, -0.2) is 17.0 Å². The fourth-order valence-corrected chi connectivity index (χ4v) is 1.71. The smallest absolute Gasteiger partial charge is 0.0585 e. The molecule has 0 saturated carbocycles. The number of hydrogen-bond acceptors (Lipinski definition) is 5. The van der Waals surface area contributed by atoms with Crippen LogP contribution in [0.2, 0.25) is 0 Å². The molecule has 0 aliphatic rings. The van der Waals surface area contributed by atoms with Crippen molar-refractivity contribution in [3.05, 3.63) is 24.0 Å². The van der Waals surface area contributed by atoms with Gasteiger partial charge in [-0.1, -0.05) is 0 Å². The van der Waals surface area contributed by atoms with Gasteiger partial charge in [0, 0.05) is 29.4 Å². The third-order valence-corrected chi connectivity index (χ3v) is 2.46. The number of rotatable bonds is 4. The molecule has 13 heavy (non-hydrogen) atoms. The van der Waals surface area contributed by atoms with Crippen LogP contribution in [0.4, 0.5) is 5.69 Å². The molecule has 5 N–H and O–H groups in total. The van der Waals surface area contributed by atoms with Crippen molar-refractivity contribution in [2.24, 2.45) is 5.84 Å². The molecule has 1 aromatic heterocycles. The molecule has 0 amide bonds. The zero-order valence-corrected chi connectivity index (χ0v) is 8.34. The first-order valence-corrected chi connectivity index (χ1v) is 5.33. The van der Waals surface area contributed by atoms with Crippen LogP contribution in [0.25, 0.3) is 0 Å². The first kappa shape index (κ1) is 10.3. The molecule has 0 saturated heterocycles. The van der Waals surface area contributed by atoms with Gasteiger partial charge in [-0.05, 0) is 12.3 Å². The lowest BCUT2D eigenvalue weighted by Gasteiger charge is -2.15. The molecule has 1 unspecified atom stereocenters. The van der Waals surface area contributed by atoms with Crippen LogP contribution in [0.3, 0.4) is 0 Å². The molecule has 1 atom stereocenters. The number of nitrogens with zero attached hydrogens (tertiary/aromatic N) is 1. The van der Waals surface area contributed by atoms with E-state index in [4.69, 9.17) is 11.6 Å². The number of thioether (sulfide) groups is 1. The molecule has 0 aliphatic heterocycles. The van der Waals surface area contributed by atoms with E-state index in [0.717, 1.165) is 17.0 Å². The summed E-state index contributed by atoms with van der Waals surface area (Å²) in [6.07, 6.45) is 5.44. The summed E-state index contributed by atoms with van der Waals surface area (Å²) < 4.78 is 0. The van der Waals surface area contributed by atoms with Crippen molar-refractivity contribution in [2.75, 3.05) is 17.7 Å². The van der Waals surface area contributed by atoms with Gasteiger partial charge in [0.25, 0.3) is 0 Å². The Morgan fingerprint density at radius 1 is 1.69 bits per heavy atom. The van der Waals surface area contributed by atoms with Crippen LogP contribution in [0.5, 0.6) is 0 Å². The normalized spacial score (nSPS) is 12.8. The van der Waals surface area contributed by atoms with Crippen molar-refractivity contribution < 1.29 is 0 Å². The maximum atomic E-state index is 5.78. The molecule has 0 aliphatic carbocycles. The molecule has 0 spiro atoms. The molecule has 0 bridgehead atoms. The van der Waals surface area contributed by atoms with Crippen LogP contribution >= 0.6 is 11.8 Å². The monoisotopic (exact) mass is 198 g/mol. The molecule has 4 nitrogen and oxygen atoms in total. The minimum atomic E-state index is 0.0729. The number of aromatic nitrogens is 1. The highest BCUT2D eigenvalue weighted by Crippen LogP contribution is 2.20. The quantitative estimate of drug-likeness (QED) is 0.486. The Hall–Kier alpha value is -0.780. The average molecular weight is 198 g/mol. The first-order chi connectivity index (χ1) is 6.29. The van der Waals surface area contributed by atoms with E-state index in [0.29, 0.717) is 0 Å². The van der Waals surface area contributed by atoms with E-state index in [1.807, 2.05) is 6.26 Å². The van der Waals surface area contributed by atoms with Crippen LogP contribution in [0.15, 0.2) is 18.5 Å². The highest BCUT2D eigenvalue weighted by Gasteiger charge is 2.11. The van der Waals surface area contributed by atoms with E-state index in [1.165, 1.54) is 0 Å². The SMILES string of the molecule is CSCC(NN)c1cnccc1N. The van der Waals surface area contributed by atoms with E-state index < -0.39 is 0 Å². The predicted molar refractivity (Wildman–Crippen MR) is 57.1 cm³/mol. The van der Waals surface area contributed by atoms with Crippen LogP contribution < -0.4 is 17.0 Å². The summed E-state index contributed by atoms with van der Waals surface area (Å²) in [5.41, 5.74) is 10.2. The fourth-order valence-electron chi connectivity index (χ4n) is 1.10. The second kappa shape index (κ2) is 5.06. The minimum absolute atomic E-state index is 0.0729. The summed E-state index contributed by atoms with van der Waals surface area (Å²) in [7, 11) is 0. The highest BCUT2D eigenvalue weighted by molar-refractivity contribution is 7.98. The second-order valence-electron chi connectivity index (χ2n) is 2.68. The fraction of sp³-hybridized carbons (Fsp3) is 0.375. The van der Waals surface area contributed by atoms with Crippen molar-refractivity contribution in [3.63, 3.8) is 0 Å². The third-order valence-electron chi connectivity index (χ3n) is 1.80. The number of nitrogen functional groups attached to an aromatic ring is 1. The standard InChI is InChI=1S/C8H14N4S/c1-13-5-8(12-10)6-4-11-3-2-7(6)9/h2-4,8,12H,5,10H2,1H3,(H2,9,11). The lowest BCUT2D eigenvalue weighted by molar-refractivity contribution is 0.611. The van der Waals surface area contributed by atoms with Crippen LogP contribution in [-0.2, 0) is 0 Å². The number of pyridine rings is 1. The van der Waals surface area contributed by atoms with Crippen LogP contribution in [0.1, 0.15) is 11.6 Å². The highest BCUT2D eigenvalue weighted by atomic mass is 32.2. The Balaban J connectivity index is 2.84. The molecular weight excluding hydrogens is 184 g/mol. The van der Waals surface area contributed by atoms with Gasteiger partial charge in [0.1, 0.15) is 0 Å². The Kier molecular flexibility index (Phi) is 4.01. The van der Waals surface area contributed by atoms with Crippen molar-refractivity contribution in [3.8, 4) is 0 Å². The van der Waals surface area contributed by atoms with Gasteiger partial charge in [-0.25, -0.2) is 0 Å². The number of nitrogens with one attached hydrogen (secondary N) is 1.